The molecule has 1 heterocycles. The molecule has 0 amide bonds. The van der Waals surface area contributed by atoms with Gasteiger partial charge in [0.25, 0.3) is 0 Å². The van der Waals surface area contributed by atoms with Crippen LogP contribution in [0.5, 0.6) is 0 Å². The Bertz CT molecular complexity index is 1320. The number of nitrogens with one attached hydrogen (secondary N) is 1. The molecule has 0 fully saturated rings. The van der Waals surface area contributed by atoms with Gasteiger partial charge in [-0.15, -0.1) is 0 Å². The van der Waals surface area contributed by atoms with Crippen LogP contribution in [0.2, 0.25) is 5.02 Å². The smallest absolute Gasteiger partial charge is 0.202 e. The number of Topliss-reactive ketones (excluding diaryl/α,β-unsaturated/α-hetero) is 1. The van der Waals surface area contributed by atoms with Crippen molar-refractivity contribution in [2.24, 2.45) is 0 Å². The zero-order valence-corrected chi connectivity index (χ0v) is 17.3. The molecule has 0 radical (unpaired) electrons. The second-order valence-electron chi connectivity index (χ2n) is 7.07. The molecular weight excluding hydrogens is 435 g/mol. The van der Waals surface area contributed by atoms with E-state index in [1.165, 1.54) is 36.4 Å². The largest absolute Gasteiger partial charge is 0.506 e. The molecule has 6 nitrogen and oxygen atoms in total. The van der Waals surface area contributed by atoms with Crippen LogP contribution in [-0.2, 0) is 0 Å². The molecule has 3 aromatic carbocycles. The minimum atomic E-state index is -1.29. The maximum absolute atomic E-state index is 13.8. The van der Waals surface area contributed by atoms with Crippen molar-refractivity contribution < 1.29 is 24.5 Å². The number of para-hydroxylation sites is 2. The predicted octanol–water partition coefficient (Wildman–Crippen LogP) is 4.69. The summed E-state index contributed by atoms with van der Waals surface area (Å²) in [5.74, 6) is -1.70. The van der Waals surface area contributed by atoms with Crippen LogP contribution >= 0.6 is 11.6 Å². The highest BCUT2D eigenvalue weighted by Crippen LogP contribution is 2.33. The number of benzene rings is 3. The number of H-pyrrole nitrogens is 1. The number of aromatic amines is 1. The minimum absolute atomic E-state index is 0.0184. The number of hydrogen-bond acceptors (Lipinski definition) is 5. The van der Waals surface area contributed by atoms with Gasteiger partial charge in [-0.05, 0) is 30.3 Å². The van der Waals surface area contributed by atoms with Crippen LogP contribution in [0, 0.1) is 5.82 Å². The van der Waals surface area contributed by atoms with Gasteiger partial charge in [0.15, 0.2) is 0 Å². The Morgan fingerprint density at radius 3 is 2.56 bits per heavy atom. The standard InChI is InChI=1S/C24H18ClFN2O4/c25-21-15(19(30)12-29)7-4-8-16(21)23(32)20(22(31)13-5-3-6-14(26)11-13)24-27-17-9-1-2-10-18(17)28-24/h1-11,19,29-31H,12H2,(H,27,28)/b22-20+/t19-/m0/s1. The fourth-order valence-corrected chi connectivity index (χ4v) is 3.73. The normalized spacial score (nSPS) is 13.1. The quantitative estimate of drug-likeness (QED) is 0.193. The van der Waals surface area contributed by atoms with E-state index < -0.39 is 30.1 Å². The molecule has 4 aromatic rings. The SMILES string of the molecule is O=C(/C(=C(\O)c1cccc(F)c1)c1nc2ccccc2[nH]1)c1cccc([C@@H](O)CO)c1Cl. The van der Waals surface area contributed by atoms with Gasteiger partial charge in [0.1, 0.15) is 29.1 Å². The summed E-state index contributed by atoms with van der Waals surface area (Å²) in [4.78, 5) is 21.0. The lowest BCUT2D eigenvalue weighted by molar-refractivity contribution is 0.0954. The minimum Gasteiger partial charge on any atom is -0.506 e. The zero-order valence-electron chi connectivity index (χ0n) is 16.6. The summed E-state index contributed by atoms with van der Waals surface area (Å²) in [6.45, 7) is -0.585. The molecule has 4 N–H and O–H groups in total. The third-order valence-corrected chi connectivity index (χ3v) is 5.42. The van der Waals surface area contributed by atoms with E-state index in [-0.39, 0.29) is 33.1 Å². The van der Waals surface area contributed by atoms with Gasteiger partial charge in [-0.25, -0.2) is 9.37 Å². The Balaban J connectivity index is 1.94. The van der Waals surface area contributed by atoms with E-state index in [1.54, 1.807) is 24.3 Å². The molecule has 32 heavy (non-hydrogen) atoms. The first-order valence-electron chi connectivity index (χ1n) is 9.67. The molecule has 0 aliphatic carbocycles. The monoisotopic (exact) mass is 452 g/mol. The summed E-state index contributed by atoms with van der Waals surface area (Å²) in [5, 5.41) is 30.3. The van der Waals surface area contributed by atoms with Crippen LogP contribution in [-0.4, -0.2) is 37.7 Å². The second kappa shape index (κ2) is 8.92. The van der Waals surface area contributed by atoms with E-state index in [0.717, 1.165) is 6.07 Å². The van der Waals surface area contributed by atoms with Crippen LogP contribution < -0.4 is 0 Å². The van der Waals surface area contributed by atoms with Gasteiger partial charge >= 0.3 is 0 Å². The number of aliphatic hydroxyl groups is 3. The summed E-state index contributed by atoms with van der Waals surface area (Å²) < 4.78 is 13.8. The summed E-state index contributed by atoms with van der Waals surface area (Å²) in [7, 11) is 0. The zero-order chi connectivity index (χ0) is 22.8. The topological polar surface area (TPSA) is 106 Å². The van der Waals surface area contributed by atoms with Crippen molar-refractivity contribution in [1.29, 1.82) is 0 Å². The van der Waals surface area contributed by atoms with Gasteiger partial charge in [0, 0.05) is 16.7 Å². The fraction of sp³-hybridized carbons (Fsp3) is 0.0833. The average molecular weight is 453 g/mol. The van der Waals surface area contributed by atoms with Crippen LogP contribution in [0.25, 0.3) is 22.4 Å². The van der Waals surface area contributed by atoms with Crippen molar-refractivity contribution in [2.45, 2.75) is 6.10 Å². The second-order valence-corrected chi connectivity index (χ2v) is 7.45. The highest BCUT2D eigenvalue weighted by molar-refractivity contribution is 6.41. The molecule has 8 heteroatoms. The van der Waals surface area contributed by atoms with Crippen LogP contribution in [0.15, 0.2) is 66.7 Å². The fourth-order valence-electron chi connectivity index (χ4n) is 3.39. The number of aliphatic hydroxyl groups excluding tert-OH is 3. The van der Waals surface area contributed by atoms with Crippen LogP contribution in [0.3, 0.4) is 0 Å². The summed E-state index contributed by atoms with van der Waals surface area (Å²) in [6, 6.07) is 16.7. The summed E-state index contributed by atoms with van der Waals surface area (Å²) in [6.07, 6.45) is -1.29. The van der Waals surface area contributed by atoms with Gasteiger partial charge in [0.05, 0.1) is 22.7 Å². The van der Waals surface area contributed by atoms with E-state index in [2.05, 4.69) is 9.97 Å². The lowest BCUT2D eigenvalue weighted by atomic mass is 9.96. The number of halogens is 2. The van der Waals surface area contributed by atoms with Crippen molar-refractivity contribution in [3.8, 4) is 0 Å². The first kappa shape index (κ1) is 21.7. The number of allylic oxidation sites excluding steroid dienone is 1. The lowest BCUT2D eigenvalue weighted by Gasteiger charge is -2.14. The van der Waals surface area contributed by atoms with E-state index in [9.17, 15) is 24.5 Å². The van der Waals surface area contributed by atoms with Crippen molar-refractivity contribution in [3.05, 3.63) is 100 Å². The predicted molar refractivity (Wildman–Crippen MR) is 120 cm³/mol. The highest BCUT2D eigenvalue weighted by atomic mass is 35.5. The maximum Gasteiger partial charge on any atom is 0.202 e. The first-order chi connectivity index (χ1) is 15.4. The van der Waals surface area contributed by atoms with Gasteiger partial charge in [-0.3, -0.25) is 4.79 Å². The molecule has 162 valence electrons. The van der Waals surface area contributed by atoms with E-state index in [1.807, 2.05) is 0 Å². The molecule has 0 unspecified atom stereocenters. The maximum atomic E-state index is 13.8. The van der Waals surface area contributed by atoms with Crippen molar-refractivity contribution in [1.82, 2.24) is 9.97 Å². The van der Waals surface area contributed by atoms with Gasteiger partial charge in [-0.1, -0.05) is 48.0 Å². The third-order valence-electron chi connectivity index (χ3n) is 4.99. The third kappa shape index (κ3) is 4.01. The number of nitrogens with zero attached hydrogens (tertiary/aromatic N) is 1. The number of ketones is 1. The Kier molecular flexibility index (Phi) is 6.05. The first-order valence-corrected chi connectivity index (χ1v) is 10.0. The Labute approximate surface area is 187 Å². The number of imidazole rings is 1. The summed E-state index contributed by atoms with van der Waals surface area (Å²) in [5.41, 5.74) is 1.20. The molecule has 0 saturated carbocycles. The molecule has 1 aromatic heterocycles. The van der Waals surface area contributed by atoms with Gasteiger partial charge in [0.2, 0.25) is 5.78 Å². The Morgan fingerprint density at radius 2 is 1.84 bits per heavy atom. The molecule has 0 saturated heterocycles. The van der Waals surface area contributed by atoms with Gasteiger partial charge < -0.3 is 20.3 Å². The van der Waals surface area contributed by atoms with Crippen LogP contribution in [0.1, 0.15) is 33.4 Å². The molecular formula is C24H18ClFN2O4. The number of aromatic nitrogens is 2. The number of carbonyl (C=O) groups is 1. The molecule has 0 aliphatic rings. The van der Waals surface area contributed by atoms with E-state index in [4.69, 9.17) is 11.6 Å². The average Bonchev–Trinajstić information content (AvgIpc) is 3.22. The Morgan fingerprint density at radius 1 is 1.09 bits per heavy atom. The molecule has 0 bridgehead atoms. The molecule has 0 spiro atoms. The van der Waals surface area contributed by atoms with E-state index in [0.29, 0.717) is 11.0 Å². The Hall–Kier alpha value is -3.52. The van der Waals surface area contributed by atoms with Crippen LogP contribution in [0.4, 0.5) is 4.39 Å². The number of rotatable bonds is 6. The van der Waals surface area contributed by atoms with Crippen molar-refractivity contribution >= 4 is 39.7 Å². The van der Waals surface area contributed by atoms with E-state index >= 15 is 0 Å². The number of carbonyl (C=O) groups excluding carboxylic acids is 1. The molecule has 1 atom stereocenters. The number of fused-ring (bicyclic) bond motifs is 1. The van der Waals surface area contributed by atoms with Crippen molar-refractivity contribution in [3.63, 3.8) is 0 Å². The molecule has 0 aliphatic heterocycles. The highest BCUT2D eigenvalue weighted by Gasteiger charge is 2.27. The van der Waals surface area contributed by atoms with Gasteiger partial charge in [-0.2, -0.15) is 0 Å². The lowest BCUT2D eigenvalue weighted by Crippen LogP contribution is -2.11. The number of hydrogen-bond donors (Lipinski definition) is 4. The van der Waals surface area contributed by atoms with Crippen molar-refractivity contribution in [2.75, 3.05) is 6.61 Å². The molecule has 4 rings (SSSR count). The summed E-state index contributed by atoms with van der Waals surface area (Å²) >= 11 is 6.38.